The molecule has 2 amide bonds. The van der Waals surface area contributed by atoms with Gasteiger partial charge in [0, 0.05) is 61.9 Å². The first-order chi connectivity index (χ1) is 27.0. The van der Waals surface area contributed by atoms with Gasteiger partial charge in [-0.2, -0.15) is 0 Å². The molecule has 4 aliphatic heterocycles. The van der Waals surface area contributed by atoms with Crippen LogP contribution in [0.25, 0.3) is 11.1 Å². The van der Waals surface area contributed by atoms with Crippen LogP contribution in [0.15, 0.2) is 95.2 Å². The van der Waals surface area contributed by atoms with Gasteiger partial charge in [0.15, 0.2) is 23.0 Å². The van der Waals surface area contributed by atoms with E-state index in [4.69, 9.17) is 39.4 Å². The highest BCUT2D eigenvalue weighted by Gasteiger charge is 2.43. The molecule has 0 spiro atoms. The van der Waals surface area contributed by atoms with Crippen molar-refractivity contribution in [1.29, 1.82) is 0 Å². The topological polar surface area (TPSA) is 138 Å². The molecule has 2 N–H and O–H groups in total. The predicted octanol–water partition coefficient (Wildman–Crippen LogP) is 7.87. The van der Waals surface area contributed by atoms with Crippen LogP contribution in [0.5, 0.6) is 28.7 Å². The monoisotopic (exact) mass is 753 g/mol. The Kier molecular flexibility index (Phi) is 9.27. The second-order valence-electron chi connectivity index (χ2n) is 14.7. The quantitative estimate of drug-likeness (QED) is 0.121. The van der Waals surface area contributed by atoms with Crippen molar-refractivity contribution < 1.29 is 33.3 Å². The highest BCUT2D eigenvalue weighted by atomic mass is 16.5. The van der Waals surface area contributed by atoms with Crippen molar-refractivity contribution in [2.45, 2.75) is 44.2 Å². The lowest BCUT2D eigenvalue weighted by atomic mass is 9.93. The Morgan fingerprint density at radius 3 is 1.50 bits per heavy atom. The van der Waals surface area contributed by atoms with Crippen molar-refractivity contribution >= 4 is 52.5 Å². The molecule has 0 saturated heterocycles. The molecule has 12 nitrogen and oxygen atoms in total. The third kappa shape index (κ3) is 6.50. The van der Waals surface area contributed by atoms with Gasteiger partial charge in [0.2, 0.25) is 0 Å². The van der Waals surface area contributed by atoms with E-state index in [1.54, 1.807) is 55.4 Å². The minimum atomic E-state index is -0.639. The summed E-state index contributed by atoms with van der Waals surface area (Å²) in [7, 11) is 4.72. The van der Waals surface area contributed by atoms with Crippen molar-refractivity contribution in [3.8, 4) is 28.7 Å². The number of ether oxygens (including phenoxy) is 5. The van der Waals surface area contributed by atoms with Crippen molar-refractivity contribution in [3.63, 3.8) is 0 Å². The number of hydrogen-bond acceptors (Lipinski definition) is 10. The third-order valence-corrected chi connectivity index (χ3v) is 10.7. The number of hydrogen-bond donors (Lipinski definition) is 1. The van der Waals surface area contributed by atoms with Gasteiger partial charge in [0.1, 0.15) is 5.75 Å². The molecule has 4 aromatic carbocycles. The first-order valence-corrected chi connectivity index (χ1v) is 18.4. The number of amides is 2. The fraction of sp³-hybridized carbons (Fsp3) is 0.273. The summed E-state index contributed by atoms with van der Waals surface area (Å²) < 4.78 is 28.9. The lowest BCUT2D eigenvalue weighted by molar-refractivity contribution is 0.0755. The molecule has 0 saturated carbocycles. The Morgan fingerprint density at radius 1 is 0.625 bits per heavy atom. The van der Waals surface area contributed by atoms with E-state index in [1.165, 1.54) is 0 Å². The minimum Gasteiger partial charge on any atom is -0.497 e. The highest BCUT2D eigenvalue weighted by Crippen LogP contribution is 2.45. The fourth-order valence-electron chi connectivity index (χ4n) is 7.59. The van der Waals surface area contributed by atoms with E-state index in [9.17, 15) is 9.59 Å². The fourth-order valence-corrected chi connectivity index (χ4v) is 7.59. The lowest BCUT2D eigenvalue weighted by Crippen LogP contribution is -2.43. The largest absolute Gasteiger partial charge is 0.497 e. The SMILES string of the molecule is COc1ccc(C2=CN3C(=O)c4cc(OC)c(OCCCOc5cc6c(cc5OC)C(=O)N5C=C(c7ccc(N)cc7)C[C@@]5(C)C=N6)cc4N=C[C@]3(C)C2)cc1. The van der Waals surface area contributed by atoms with Gasteiger partial charge in [-0.1, -0.05) is 24.3 Å². The Bertz CT molecular complexity index is 2350. The summed E-state index contributed by atoms with van der Waals surface area (Å²) in [6.07, 6.45) is 9.20. The highest BCUT2D eigenvalue weighted by molar-refractivity contribution is 6.07. The number of carbonyl (C=O) groups excluding carboxylic acids is 2. The van der Waals surface area contributed by atoms with Gasteiger partial charge in [0.05, 0.1) is 68.1 Å². The molecule has 0 fully saturated rings. The summed E-state index contributed by atoms with van der Waals surface area (Å²) in [5.74, 6) is 2.22. The van der Waals surface area contributed by atoms with Gasteiger partial charge in [0.25, 0.3) is 11.8 Å². The smallest absolute Gasteiger partial charge is 0.260 e. The summed E-state index contributed by atoms with van der Waals surface area (Å²) >= 11 is 0. The van der Waals surface area contributed by atoms with Crippen LogP contribution in [-0.2, 0) is 0 Å². The zero-order valence-electron chi connectivity index (χ0n) is 32.0. The van der Waals surface area contributed by atoms with Crippen LogP contribution in [0.3, 0.4) is 0 Å². The van der Waals surface area contributed by atoms with Crippen LogP contribution >= 0.6 is 0 Å². The maximum Gasteiger partial charge on any atom is 0.260 e. The molecule has 4 aromatic rings. The Labute approximate surface area is 325 Å². The molecule has 0 unspecified atom stereocenters. The Morgan fingerprint density at radius 2 is 1.07 bits per heavy atom. The van der Waals surface area contributed by atoms with E-state index in [0.29, 0.717) is 83.7 Å². The van der Waals surface area contributed by atoms with Crippen LogP contribution < -0.4 is 29.4 Å². The molecule has 0 bridgehead atoms. The third-order valence-electron chi connectivity index (χ3n) is 10.7. The Hall–Kier alpha value is -6.56. The number of benzene rings is 4. The van der Waals surface area contributed by atoms with E-state index in [-0.39, 0.29) is 11.8 Å². The lowest BCUT2D eigenvalue weighted by Gasteiger charge is -2.29. The molecule has 12 heteroatoms. The van der Waals surface area contributed by atoms with Crippen molar-refractivity contribution in [1.82, 2.24) is 9.80 Å². The number of fused-ring (bicyclic) bond motifs is 4. The molecular weight excluding hydrogens is 711 g/mol. The van der Waals surface area contributed by atoms with Gasteiger partial charge >= 0.3 is 0 Å². The van der Waals surface area contributed by atoms with Crippen LogP contribution in [-0.4, -0.2) is 79.7 Å². The van der Waals surface area contributed by atoms with Gasteiger partial charge in [-0.3, -0.25) is 19.6 Å². The zero-order valence-corrected chi connectivity index (χ0v) is 32.0. The molecule has 0 radical (unpaired) electrons. The minimum absolute atomic E-state index is 0.170. The Balaban J connectivity index is 0.931. The summed E-state index contributed by atoms with van der Waals surface area (Å²) in [4.78, 5) is 40.9. The van der Waals surface area contributed by atoms with Crippen molar-refractivity contribution in [2.75, 3.05) is 40.3 Å². The van der Waals surface area contributed by atoms with Crippen LogP contribution in [0.4, 0.5) is 17.1 Å². The standard InChI is InChI=1S/C44H43N5O7/c1-43-21-29(27-7-11-31(45)12-8-27)23-48(43)41(50)33-17-37(53-4)39(19-35(33)46-25-43)55-15-6-16-56-40-20-36-34(18-38(40)54-5)42(51)49-24-30(22-44(49,2)26-47-36)28-9-13-32(52-3)14-10-28/h7-14,17-20,23-26H,6,15-16,21-22,45H2,1-5H3/t43-,44-/m0/s1. The second kappa shape index (κ2) is 14.3. The molecule has 2 atom stereocenters. The normalized spacial score (nSPS) is 20.6. The number of methoxy groups -OCH3 is 3. The number of nitrogen functional groups attached to an aromatic ring is 1. The van der Waals surface area contributed by atoms with Crippen LogP contribution in [0, 0.1) is 0 Å². The molecule has 286 valence electrons. The number of carbonyl (C=O) groups is 2. The van der Waals surface area contributed by atoms with Gasteiger partial charge in [-0.05, 0) is 72.5 Å². The van der Waals surface area contributed by atoms with E-state index in [2.05, 4.69) is 0 Å². The molecule has 0 aliphatic carbocycles. The van der Waals surface area contributed by atoms with Gasteiger partial charge in [-0.25, -0.2) is 0 Å². The first kappa shape index (κ1) is 36.4. The van der Waals surface area contributed by atoms with E-state index in [1.807, 2.05) is 87.2 Å². The molecule has 8 rings (SSSR count). The summed E-state index contributed by atoms with van der Waals surface area (Å²) in [5.41, 5.74) is 11.3. The number of anilines is 1. The maximum atomic E-state index is 14.0. The van der Waals surface area contributed by atoms with Gasteiger partial charge < -0.3 is 39.2 Å². The molecule has 56 heavy (non-hydrogen) atoms. The van der Waals surface area contributed by atoms with Crippen molar-refractivity contribution in [3.05, 3.63) is 107 Å². The van der Waals surface area contributed by atoms with Gasteiger partial charge in [-0.15, -0.1) is 0 Å². The van der Waals surface area contributed by atoms with Crippen molar-refractivity contribution in [2.24, 2.45) is 9.98 Å². The predicted molar refractivity (Wildman–Crippen MR) is 216 cm³/mol. The van der Waals surface area contributed by atoms with E-state index in [0.717, 1.165) is 28.0 Å². The zero-order chi connectivity index (χ0) is 39.2. The summed E-state index contributed by atoms with van der Waals surface area (Å²) in [6, 6.07) is 22.3. The number of nitrogens with zero attached hydrogens (tertiary/aromatic N) is 4. The summed E-state index contributed by atoms with van der Waals surface area (Å²) in [5, 5.41) is 0. The van der Waals surface area contributed by atoms with E-state index >= 15 is 0 Å². The average molecular weight is 754 g/mol. The number of aliphatic imine (C=N–C) groups is 2. The average Bonchev–Trinajstić information content (AvgIpc) is 3.70. The molecular formula is C44H43N5O7. The molecule has 4 heterocycles. The second-order valence-corrected chi connectivity index (χ2v) is 14.7. The molecule has 4 aliphatic rings. The first-order valence-electron chi connectivity index (χ1n) is 18.4. The maximum absolute atomic E-state index is 14.0. The van der Waals surface area contributed by atoms with E-state index < -0.39 is 11.1 Å². The summed E-state index contributed by atoms with van der Waals surface area (Å²) in [6.45, 7) is 4.60. The molecule has 0 aromatic heterocycles. The number of rotatable bonds is 11. The van der Waals surface area contributed by atoms with Crippen LogP contribution in [0.2, 0.25) is 0 Å². The van der Waals surface area contributed by atoms with Crippen LogP contribution in [0.1, 0.15) is 65.0 Å². The number of nitrogens with two attached hydrogens (primary N) is 1.